The number of rotatable bonds is 13. The lowest BCUT2D eigenvalue weighted by Gasteiger charge is -2.28. The molecular weight excluding hydrogens is 414 g/mol. The number of halogens is 2. The Hall–Kier alpha value is -1.68. The SMILES string of the molecule is C=C(CCC(C)(C)F)C(CC(C)F)c1ccc(NC(=C)C(N)C(C2CC2)C2CC2)c(C)c1C. The average Bonchev–Trinajstić information content (AvgIpc) is 3.63. The lowest BCUT2D eigenvalue weighted by molar-refractivity contribution is 0.200. The van der Waals surface area contributed by atoms with E-state index in [9.17, 15) is 8.78 Å². The molecule has 2 fully saturated rings. The number of anilines is 1. The van der Waals surface area contributed by atoms with Gasteiger partial charge in [-0.25, -0.2) is 8.78 Å². The summed E-state index contributed by atoms with van der Waals surface area (Å²) in [6.45, 7) is 17.4. The van der Waals surface area contributed by atoms with E-state index in [1.807, 2.05) is 0 Å². The maximum Gasteiger partial charge on any atom is 0.105 e. The maximum absolute atomic E-state index is 14.1. The van der Waals surface area contributed by atoms with Crippen LogP contribution >= 0.6 is 0 Å². The van der Waals surface area contributed by atoms with Crippen LogP contribution in [0.1, 0.15) is 88.3 Å². The second kappa shape index (κ2) is 10.3. The molecule has 3 rings (SSSR count). The van der Waals surface area contributed by atoms with Crippen LogP contribution in [0.3, 0.4) is 0 Å². The fourth-order valence-corrected chi connectivity index (χ4v) is 5.25. The topological polar surface area (TPSA) is 38.0 Å². The summed E-state index contributed by atoms with van der Waals surface area (Å²) >= 11 is 0. The molecule has 0 aliphatic heterocycles. The molecule has 33 heavy (non-hydrogen) atoms. The minimum Gasteiger partial charge on any atom is -0.358 e. The summed E-state index contributed by atoms with van der Waals surface area (Å²) in [5, 5.41) is 3.51. The van der Waals surface area contributed by atoms with Gasteiger partial charge in [0.05, 0.1) is 6.17 Å². The minimum absolute atomic E-state index is 0.0339. The van der Waals surface area contributed by atoms with Crippen LogP contribution < -0.4 is 11.1 Å². The zero-order chi connectivity index (χ0) is 24.5. The molecule has 2 aliphatic carbocycles. The molecule has 184 valence electrons. The van der Waals surface area contributed by atoms with Gasteiger partial charge < -0.3 is 11.1 Å². The number of hydrogen-bond acceptors (Lipinski definition) is 2. The Balaban J connectivity index is 1.76. The molecule has 4 heteroatoms. The molecule has 1 aromatic rings. The van der Waals surface area contributed by atoms with Gasteiger partial charge in [0.25, 0.3) is 0 Å². The standard InChI is InChI=1S/C29H44F2N2/c1-17(14-15-29(6,7)31)25(16-18(2)30)24-12-13-26(20(4)19(24)3)33-21(5)28(32)27(22-8-9-22)23-10-11-23/h12-13,18,22-23,25,27-28,33H,1,5,8-11,14-16,32H2,2-4,6-7H3. The molecule has 2 nitrogen and oxygen atoms in total. The van der Waals surface area contributed by atoms with Crippen molar-refractivity contribution in [1.82, 2.24) is 0 Å². The lowest BCUT2D eigenvalue weighted by atomic mass is 9.81. The van der Waals surface area contributed by atoms with E-state index >= 15 is 0 Å². The van der Waals surface area contributed by atoms with E-state index in [0.29, 0.717) is 25.2 Å². The number of benzene rings is 1. The Morgan fingerprint density at radius 2 is 1.70 bits per heavy atom. The largest absolute Gasteiger partial charge is 0.358 e. The van der Waals surface area contributed by atoms with Crippen molar-refractivity contribution in [2.24, 2.45) is 23.5 Å². The molecular formula is C29H44F2N2. The van der Waals surface area contributed by atoms with Gasteiger partial charge in [-0.15, -0.1) is 0 Å². The second-order valence-electron chi connectivity index (χ2n) is 11.3. The van der Waals surface area contributed by atoms with Crippen LogP contribution in [0.4, 0.5) is 14.5 Å². The molecule has 0 amide bonds. The Morgan fingerprint density at radius 1 is 1.12 bits per heavy atom. The summed E-state index contributed by atoms with van der Waals surface area (Å²) in [6, 6.07) is 4.09. The zero-order valence-electron chi connectivity index (χ0n) is 21.3. The first-order valence-corrected chi connectivity index (χ1v) is 12.7. The molecule has 3 unspecified atom stereocenters. The number of nitrogens with one attached hydrogen (secondary N) is 1. The highest BCUT2D eigenvalue weighted by Gasteiger charge is 2.45. The predicted octanol–water partition coefficient (Wildman–Crippen LogP) is 7.91. The predicted molar refractivity (Wildman–Crippen MR) is 137 cm³/mol. The van der Waals surface area contributed by atoms with E-state index in [2.05, 4.69) is 44.5 Å². The van der Waals surface area contributed by atoms with Crippen molar-refractivity contribution < 1.29 is 8.78 Å². The normalized spacial score (nSPS) is 19.3. The molecule has 0 radical (unpaired) electrons. The lowest BCUT2D eigenvalue weighted by Crippen LogP contribution is -2.37. The van der Waals surface area contributed by atoms with Gasteiger partial charge in [0.2, 0.25) is 0 Å². The fourth-order valence-electron chi connectivity index (χ4n) is 5.25. The summed E-state index contributed by atoms with van der Waals surface area (Å²) in [4.78, 5) is 0. The molecule has 0 heterocycles. The molecule has 0 aromatic heterocycles. The van der Waals surface area contributed by atoms with E-state index in [-0.39, 0.29) is 12.0 Å². The molecule has 3 atom stereocenters. The highest BCUT2D eigenvalue weighted by Crippen LogP contribution is 2.51. The number of nitrogens with two attached hydrogens (primary N) is 1. The van der Waals surface area contributed by atoms with Gasteiger partial charge in [-0.05, 0) is 120 Å². The van der Waals surface area contributed by atoms with Gasteiger partial charge in [-0.3, -0.25) is 0 Å². The van der Waals surface area contributed by atoms with Gasteiger partial charge in [0, 0.05) is 23.3 Å². The molecule has 2 aliphatic rings. The highest BCUT2D eigenvalue weighted by molar-refractivity contribution is 5.60. The summed E-state index contributed by atoms with van der Waals surface area (Å²) in [5.41, 5.74) is 11.5. The monoisotopic (exact) mass is 458 g/mol. The van der Waals surface area contributed by atoms with E-state index in [1.54, 1.807) is 20.8 Å². The molecule has 3 N–H and O–H groups in total. The minimum atomic E-state index is -1.26. The first-order valence-electron chi connectivity index (χ1n) is 12.7. The van der Waals surface area contributed by atoms with Crippen molar-refractivity contribution >= 4 is 5.69 Å². The Bertz CT molecular complexity index is 847. The fraction of sp³-hybridized carbons (Fsp3) is 0.655. The first-order chi connectivity index (χ1) is 15.4. The summed E-state index contributed by atoms with van der Waals surface area (Å²) in [6.07, 6.45) is 5.54. The second-order valence-corrected chi connectivity index (χ2v) is 11.3. The van der Waals surface area contributed by atoms with E-state index in [4.69, 9.17) is 5.73 Å². The van der Waals surface area contributed by atoms with Gasteiger partial charge in [0.15, 0.2) is 0 Å². The first kappa shape index (κ1) is 25.9. The third-order valence-corrected chi connectivity index (χ3v) is 7.74. The van der Waals surface area contributed by atoms with Gasteiger partial charge in [-0.2, -0.15) is 0 Å². The van der Waals surface area contributed by atoms with Crippen molar-refractivity contribution in [2.75, 3.05) is 5.32 Å². The third kappa shape index (κ3) is 6.91. The number of hydrogen-bond donors (Lipinski definition) is 2. The van der Waals surface area contributed by atoms with Crippen molar-refractivity contribution in [2.45, 2.75) is 103 Å². The van der Waals surface area contributed by atoms with Crippen molar-refractivity contribution in [3.8, 4) is 0 Å². The smallest absolute Gasteiger partial charge is 0.105 e. The van der Waals surface area contributed by atoms with Crippen LogP contribution in [0.5, 0.6) is 0 Å². The van der Waals surface area contributed by atoms with E-state index < -0.39 is 11.8 Å². The van der Waals surface area contributed by atoms with Crippen LogP contribution in [0, 0.1) is 31.6 Å². The third-order valence-electron chi connectivity index (χ3n) is 7.74. The van der Waals surface area contributed by atoms with Gasteiger partial charge >= 0.3 is 0 Å². The quantitative estimate of drug-likeness (QED) is 0.295. The van der Waals surface area contributed by atoms with E-state index in [0.717, 1.165) is 45.5 Å². The van der Waals surface area contributed by atoms with Crippen LogP contribution in [0.25, 0.3) is 0 Å². The van der Waals surface area contributed by atoms with E-state index in [1.165, 1.54) is 25.7 Å². The van der Waals surface area contributed by atoms with Gasteiger partial charge in [0.1, 0.15) is 5.67 Å². The molecule has 0 bridgehead atoms. The van der Waals surface area contributed by atoms with Crippen molar-refractivity contribution in [3.05, 3.63) is 53.3 Å². The Labute approximate surface area is 200 Å². The number of alkyl halides is 2. The molecule has 2 saturated carbocycles. The van der Waals surface area contributed by atoms with Crippen molar-refractivity contribution in [1.29, 1.82) is 0 Å². The Morgan fingerprint density at radius 3 is 2.18 bits per heavy atom. The van der Waals surface area contributed by atoms with Gasteiger partial charge in [-0.1, -0.05) is 24.8 Å². The highest BCUT2D eigenvalue weighted by atomic mass is 19.1. The molecule has 1 aromatic carbocycles. The molecule has 0 spiro atoms. The average molecular weight is 459 g/mol. The summed E-state index contributed by atoms with van der Waals surface area (Å²) < 4.78 is 28.2. The zero-order valence-corrected chi connectivity index (χ0v) is 21.3. The number of allylic oxidation sites excluding steroid dienone is 1. The van der Waals surface area contributed by atoms with Crippen LogP contribution in [-0.2, 0) is 0 Å². The van der Waals surface area contributed by atoms with Crippen LogP contribution in [0.15, 0.2) is 36.6 Å². The van der Waals surface area contributed by atoms with Crippen molar-refractivity contribution in [3.63, 3.8) is 0 Å². The Kier molecular flexibility index (Phi) is 8.09. The summed E-state index contributed by atoms with van der Waals surface area (Å²) in [7, 11) is 0. The van der Waals surface area contributed by atoms with Crippen LogP contribution in [0.2, 0.25) is 0 Å². The summed E-state index contributed by atoms with van der Waals surface area (Å²) in [5.74, 6) is 1.95. The maximum atomic E-state index is 14.1. The van der Waals surface area contributed by atoms with Crippen LogP contribution in [-0.4, -0.2) is 17.9 Å². The molecule has 0 saturated heterocycles.